The summed E-state index contributed by atoms with van der Waals surface area (Å²) in [6.45, 7) is 2.74. The first-order valence-corrected chi connectivity index (χ1v) is 10.4. The molecule has 5 rings (SSSR count). The first-order valence-electron chi connectivity index (χ1n) is 9.60. The maximum absolute atomic E-state index is 12.3. The van der Waals surface area contributed by atoms with E-state index < -0.39 is 0 Å². The average molecular weight is 356 g/mol. The van der Waals surface area contributed by atoms with Gasteiger partial charge in [-0.15, -0.1) is 11.3 Å². The van der Waals surface area contributed by atoms with Crippen molar-refractivity contribution in [3.8, 4) is 0 Å². The van der Waals surface area contributed by atoms with Crippen molar-refractivity contribution in [3.05, 3.63) is 38.2 Å². The van der Waals surface area contributed by atoms with E-state index in [-0.39, 0.29) is 5.56 Å². The van der Waals surface area contributed by atoms with Crippen LogP contribution in [0.4, 0.5) is 5.13 Å². The summed E-state index contributed by atoms with van der Waals surface area (Å²) in [6.07, 6.45) is 9.38. The molecule has 3 aliphatic rings. The molecule has 0 N–H and O–H groups in total. The normalized spacial score (nSPS) is 20.1. The van der Waals surface area contributed by atoms with Crippen molar-refractivity contribution in [2.75, 3.05) is 18.0 Å². The molecule has 0 spiro atoms. The SMILES string of the molecule is O=c1cc2c(nn1CC1CN(c3nc4c(s3)CCCC4)C1)CCCC2. The van der Waals surface area contributed by atoms with Gasteiger partial charge in [0.1, 0.15) is 0 Å². The summed E-state index contributed by atoms with van der Waals surface area (Å²) in [5.74, 6) is 0.507. The van der Waals surface area contributed by atoms with E-state index in [4.69, 9.17) is 4.98 Å². The first kappa shape index (κ1) is 15.6. The smallest absolute Gasteiger partial charge is 0.267 e. The number of hydrogen-bond acceptors (Lipinski definition) is 5. The van der Waals surface area contributed by atoms with E-state index in [1.54, 1.807) is 4.68 Å². The van der Waals surface area contributed by atoms with Gasteiger partial charge in [0, 0.05) is 30.0 Å². The van der Waals surface area contributed by atoms with Crippen LogP contribution in [0.25, 0.3) is 0 Å². The number of aryl methyl sites for hydroxylation is 4. The van der Waals surface area contributed by atoms with E-state index in [1.807, 2.05) is 17.4 Å². The zero-order chi connectivity index (χ0) is 16.8. The Morgan fingerprint density at radius 3 is 2.64 bits per heavy atom. The van der Waals surface area contributed by atoms with Crippen molar-refractivity contribution in [3.63, 3.8) is 0 Å². The largest absolute Gasteiger partial charge is 0.347 e. The molecule has 5 nitrogen and oxygen atoms in total. The Kier molecular flexibility index (Phi) is 3.88. The monoisotopic (exact) mass is 356 g/mol. The fourth-order valence-corrected chi connectivity index (χ4v) is 5.46. The third-order valence-corrected chi connectivity index (χ3v) is 6.99. The van der Waals surface area contributed by atoms with E-state index in [9.17, 15) is 4.79 Å². The fraction of sp³-hybridized carbons (Fsp3) is 0.632. The lowest BCUT2D eigenvalue weighted by Gasteiger charge is -2.39. The van der Waals surface area contributed by atoms with Crippen LogP contribution in [0.15, 0.2) is 10.9 Å². The first-order chi connectivity index (χ1) is 12.3. The Labute approximate surface area is 151 Å². The molecule has 0 saturated carbocycles. The second-order valence-corrected chi connectivity index (χ2v) is 8.75. The van der Waals surface area contributed by atoms with Crippen molar-refractivity contribution < 1.29 is 0 Å². The van der Waals surface area contributed by atoms with Gasteiger partial charge in [-0.2, -0.15) is 5.10 Å². The van der Waals surface area contributed by atoms with Crippen LogP contribution >= 0.6 is 11.3 Å². The summed E-state index contributed by atoms with van der Waals surface area (Å²) >= 11 is 1.88. The molecule has 0 amide bonds. The van der Waals surface area contributed by atoms with Gasteiger partial charge >= 0.3 is 0 Å². The number of anilines is 1. The highest BCUT2D eigenvalue weighted by atomic mass is 32.1. The molecule has 2 aromatic heterocycles. The van der Waals surface area contributed by atoms with E-state index in [0.29, 0.717) is 5.92 Å². The Morgan fingerprint density at radius 2 is 1.80 bits per heavy atom. The van der Waals surface area contributed by atoms with E-state index in [1.165, 1.54) is 53.4 Å². The zero-order valence-electron chi connectivity index (χ0n) is 14.5. The number of aromatic nitrogens is 3. The third-order valence-electron chi connectivity index (χ3n) is 5.77. The molecule has 1 aliphatic heterocycles. The average Bonchev–Trinajstić information content (AvgIpc) is 3.01. The molecule has 1 fully saturated rings. The van der Waals surface area contributed by atoms with Crippen LogP contribution in [0, 0.1) is 5.92 Å². The molecule has 0 atom stereocenters. The molecule has 0 unspecified atom stereocenters. The molecule has 0 bridgehead atoms. The maximum atomic E-state index is 12.3. The molecule has 0 aromatic carbocycles. The van der Waals surface area contributed by atoms with Gasteiger partial charge in [-0.25, -0.2) is 9.67 Å². The number of thiazole rings is 1. The third kappa shape index (κ3) is 2.90. The Morgan fingerprint density at radius 1 is 1.04 bits per heavy atom. The molecule has 1 saturated heterocycles. The summed E-state index contributed by atoms with van der Waals surface area (Å²) < 4.78 is 1.71. The van der Waals surface area contributed by atoms with Gasteiger partial charge in [0.25, 0.3) is 5.56 Å². The van der Waals surface area contributed by atoms with Crippen molar-refractivity contribution in [2.24, 2.45) is 5.92 Å². The number of nitrogens with zero attached hydrogens (tertiary/aromatic N) is 4. The maximum Gasteiger partial charge on any atom is 0.267 e. The zero-order valence-corrected chi connectivity index (χ0v) is 15.4. The molecule has 132 valence electrons. The summed E-state index contributed by atoms with van der Waals surface area (Å²) in [6, 6.07) is 1.83. The highest BCUT2D eigenvalue weighted by Gasteiger charge is 2.31. The minimum absolute atomic E-state index is 0.0730. The second-order valence-electron chi connectivity index (χ2n) is 7.69. The molecule has 2 aliphatic carbocycles. The van der Waals surface area contributed by atoms with Crippen LogP contribution in [-0.4, -0.2) is 27.9 Å². The molecular weight excluding hydrogens is 332 g/mol. The van der Waals surface area contributed by atoms with E-state index >= 15 is 0 Å². The Hall–Kier alpha value is -1.69. The van der Waals surface area contributed by atoms with Crippen molar-refractivity contribution in [1.82, 2.24) is 14.8 Å². The van der Waals surface area contributed by atoms with Gasteiger partial charge in [-0.05, 0) is 56.9 Å². The van der Waals surface area contributed by atoms with E-state index in [0.717, 1.165) is 44.6 Å². The molecular formula is C19H24N4OS. The van der Waals surface area contributed by atoms with E-state index in [2.05, 4.69) is 10.00 Å². The van der Waals surface area contributed by atoms with Crippen LogP contribution in [0.1, 0.15) is 47.5 Å². The van der Waals surface area contributed by atoms with Gasteiger partial charge in [0.05, 0.1) is 17.9 Å². The highest BCUT2D eigenvalue weighted by molar-refractivity contribution is 7.15. The van der Waals surface area contributed by atoms with Gasteiger partial charge in [0.15, 0.2) is 5.13 Å². The number of hydrogen-bond donors (Lipinski definition) is 0. The van der Waals surface area contributed by atoms with Crippen LogP contribution in [0.5, 0.6) is 0 Å². The lowest BCUT2D eigenvalue weighted by Crippen LogP contribution is -2.49. The van der Waals surface area contributed by atoms with Crippen LogP contribution in [-0.2, 0) is 32.2 Å². The summed E-state index contributed by atoms with van der Waals surface area (Å²) in [5, 5.41) is 5.85. The summed E-state index contributed by atoms with van der Waals surface area (Å²) in [4.78, 5) is 21.0. The summed E-state index contributed by atoms with van der Waals surface area (Å²) in [7, 11) is 0. The molecule has 25 heavy (non-hydrogen) atoms. The predicted octanol–water partition coefficient (Wildman–Crippen LogP) is 2.59. The van der Waals surface area contributed by atoms with Crippen LogP contribution in [0.2, 0.25) is 0 Å². The lowest BCUT2D eigenvalue weighted by molar-refractivity contribution is 0.331. The summed E-state index contributed by atoms with van der Waals surface area (Å²) in [5.41, 5.74) is 3.73. The highest BCUT2D eigenvalue weighted by Crippen LogP contribution is 2.35. The van der Waals surface area contributed by atoms with Crippen molar-refractivity contribution in [2.45, 2.75) is 57.9 Å². The minimum Gasteiger partial charge on any atom is -0.347 e. The van der Waals surface area contributed by atoms with Crippen LogP contribution in [0.3, 0.4) is 0 Å². The quantitative estimate of drug-likeness (QED) is 0.848. The molecule has 0 radical (unpaired) electrons. The predicted molar refractivity (Wildman–Crippen MR) is 99.6 cm³/mol. The fourth-order valence-electron chi connectivity index (χ4n) is 4.29. The number of fused-ring (bicyclic) bond motifs is 2. The minimum atomic E-state index is 0.0730. The topological polar surface area (TPSA) is 51.0 Å². The van der Waals surface area contributed by atoms with Crippen LogP contribution < -0.4 is 10.5 Å². The van der Waals surface area contributed by atoms with Gasteiger partial charge in [-0.3, -0.25) is 4.79 Å². The lowest BCUT2D eigenvalue weighted by atomic mass is 9.97. The Bertz CT molecular complexity index is 826. The van der Waals surface area contributed by atoms with Gasteiger partial charge in [0.2, 0.25) is 0 Å². The second kappa shape index (κ2) is 6.24. The van der Waals surface area contributed by atoms with Gasteiger partial charge in [-0.1, -0.05) is 0 Å². The molecule has 6 heteroatoms. The Balaban J connectivity index is 1.25. The molecule has 3 heterocycles. The van der Waals surface area contributed by atoms with Crippen molar-refractivity contribution in [1.29, 1.82) is 0 Å². The van der Waals surface area contributed by atoms with Crippen molar-refractivity contribution >= 4 is 16.5 Å². The number of rotatable bonds is 3. The standard InChI is InChI=1S/C19H24N4OS/c24-18-9-14-5-1-2-6-15(14)21-23(18)12-13-10-22(11-13)19-20-16-7-3-4-8-17(16)25-19/h9,13H,1-8,10-12H2. The molecule has 2 aromatic rings. The van der Waals surface area contributed by atoms with Gasteiger partial charge < -0.3 is 4.90 Å².